The molecule has 132 valence electrons. The number of rotatable bonds is 8. The van der Waals surface area contributed by atoms with Gasteiger partial charge in [0.25, 0.3) is 0 Å². The van der Waals surface area contributed by atoms with Crippen LogP contribution in [0.2, 0.25) is 0 Å². The smallest absolute Gasteiger partial charge is 0.0900 e. The molecule has 0 radical (unpaired) electrons. The molecule has 6 heteroatoms. The fraction of sp³-hybridized carbons (Fsp3) is 0.611. The number of aryl methyl sites for hydroxylation is 1. The SMILES string of the molecule is Cc1cnn(CC2CCN(C[C@@H](O)COCc3cccs3)CC2)c1. The second-order valence-corrected chi connectivity index (χ2v) is 7.76. The van der Waals surface area contributed by atoms with Gasteiger partial charge in [0, 0.05) is 24.2 Å². The Balaban J connectivity index is 1.31. The zero-order valence-corrected chi connectivity index (χ0v) is 15.1. The number of aromatic nitrogens is 2. The van der Waals surface area contributed by atoms with Gasteiger partial charge in [0.15, 0.2) is 0 Å². The molecule has 2 aromatic rings. The molecule has 0 amide bonds. The Bertz CT molecular complexity index is 591. The number of aliphatic hydroxyl groups excluding tert-OH is 1. The summed E-state index contributed by atoms with van der Waals surface area (Å²) in [5.74, 6) is 0.688. The van der Waals surface area contributed by atoms with E-state index in [9.17, 15) is 5.11 Å². The molecule has 3 heterocycles. The van der Waals surface area contributed by atoms with Crippen molar-refractivity contribution in [2.75, 3.05) is 26.2 Å². The highest BCUT2D eigenvalue weighted by Gasteiger charge is 2.21. The highest BCUT2D eigenvalue weighted by atomic mass is 32.1. The van der Waals surface area contributed by atoms with E-state index in [2.05, 4.69) is 33.9 Å². The Hall–Kier alpha value is -1.21. The Morgan fingerprint density at radius 1 is 1.42 bits per heavy atom. The van der Waals surface area contributed by atoms with Crippen LogP contribution in [-0.2, 0) is 17.9 Å². The average molecular weight is 350 g/mol. The zero-order valence-electron chi connectivity index (χ0n) is 14.3. The first-order chi connectivity index (χ1) is 11.7. The van der Waals surface area contributed by atoms with Crippen LogP contribution in [0.3, 0.4) is 0 Å². The Morgan fingerprint density at radius 2 is 2.25 bits per heavy atom. The van der Waals surface area contributed by atoms with Crippen molar-refractivity contribution in [3.05, 3.63) is 40.3 Å². The van der Waals surface area contributed by atoms with Crippen molar-refractivity contribution < 1.29 is 9.84 Å². The minimum absolute atomic E-state index is 0.407. The van der Waals surface area contributed by atoms with E-state index in [4.69, 9.17) is 4.74 Å². The van der Waals surface area contributed by atoms with Crippen LogP contribution in [0.5, 0.6) is 0 Å². The summed E-state index contributed by atoms with van der Waals surface area (Å²) >= 11 is 1.69. The third-order valence-corrected chi connectivity index (χ3v) is 5.37. The summed E-state index contributed by atoms with van der Waals surface area (Å²) in [4.78, 5) is 3.56. The van der Waals surface area contributed by atoms with Gasteiger partial charge >= 0.3 is 0 Å². The van der Waals surface area contributed by atoms with Crippen molar-refractivity contribution in [2.45, 2.75) is 39.0 Å². The largest absolute Gasteiger partial charge is 0.389 e. The van der Waals surface area contributed by atoms with Crippen molar-refractivity contribution in [1.29, 1.82) is 0 Å². The second kappa shape index (κ2) is 8.76. The van der Waals surface area contributed by atoms with E-state index < -0.39 is 6.10 Å². The molecule has 1 atom stereocenters. The number of β-amino-alcohol motifs (C(OH)–C–C–N with tert-alkyl or cyclic N) is 1. The molecule has 0 saturated carbocycles. The van der Waals surface area contributed by atoms with Gasteiger partial charge < -0.3 is 14.7 Å². The van der Waals surface area contributed by atoms with Gasteiger partial charge in [0.2, 0.25) is 0 Å². The van der Waals surface area contributed by atoms with E-state index in [0.29, 0.717) is 25.7 Å². The van der Waals surface area contributed by atoms with Crippen LogP contribution < -0.4 is 0 Å². The maximum Gasteiger partial charge on any atom is 0.0900 e. The van der Waals surface area contributed by atoms with Crippen molar-refractivity contribution >= 4 is 11.3 Å². The standard InChI is InChI=1S/C18H27N3O2S/c1-15-9-19-21(10-15)11-16-4-6-20(7-5-16)12-17(22)13-23-14-18-3-2-8-24-18/h2-3,8-10,16-17,22H,4-7,11-14H2,1H3/t17-/m1/s1. The molecule has 0 spiro atoms. The fourth-order valence-corrected chi connectivity index (χ4v) is 3.86. The van der Waals surface area contributed by atoms with Gasteiger partial charge in [-0.1, -0.05) is 6.07 Å². The van der Waals surface area contributed by atoms with E-state index >= 15 is 0 Å². The van der Waals surface area contributed by atoms with Crippen molar-refractivity contribution in [2.24, 2.45) is 5.92 Å². The summed E-state index contributed by atoms with van der Waals surface area (Å²) in [7, 11) is 0. The normalized spacial score (nSPS) is 18.1. The lowest BCUT2D eigenvalue weighted by atomic mass is 9.96. The molecule has 1 aliphatic heterocycles. The molecule has 3 rings (SSSR count). The van der Waals surface area contributed by atoms with Crippen LogP contribution in [0, 0.1) is 12.8 Å². The van der Waals surface area contributed by atoms with E-state index in [1.54, 1.807) is 11.3 Å². The monoisotopic (exact) mass is 349 g/mol. The Kier molecular flexibility index (Phi) is 6.43. The maximum atomic E-state index is 10.2. The number of likely N-dealkylation sites (tertiary alicyclic amines) is 1. The van der Waals surface area contributed by atoms with Gasteiger partial charge in [-0.3, -0.25) is 4.68 Å². The number of hydrogen-bond donors (Lipinski definition) is 1. The summed E-state index contributed by atoms with van der Waals surface area (Å²) in [6, 6.07) is 4.08. The predicted octanol–water partition coefficient (Wildman–Crippen LogP) is 2.54. The summed E-state index contributed by atoms with van der Waals surface area (Å²) in [6.07, 6.45) is 5.96. The lowest BCUT2D eigenvalue weighted by Crippen LogP contribution is -2.41. The van der Waals surface area contributed by atoms with Crippen LogP contribution in [0.25, 0.3) is 0 Å². The van der Waals surface area contributed by atoms with Gasteiger partial charge in [0.1, 0.15) is 0 Å². The summed E-state index contributed by atoms with van der Waals surface area (Å²) in [5.41, 5.74) is 1.22. The van der Waals surface area contributed by atoms with Crippen molar-refractivity contribution in [3.63, 3.8) is 0 Å². The van der Waals surface area contributed by atoms with Gasteiger partial charge in [0.05, 0.1) is 25.5 Å². The molecule has 1 aliphatic rings. The van der Waals surface area contributed by atoms with Crippen LogP contribution >= 0.6 is 11.3 Å². The van der Waals surface area contributed by atoms with E-state index in [0.717, 1.165) is 19.6 Å². The molecule has 1 fully saturated rings. The topological polar surface area (TPSA) is 50.5 Å². The van der Waals surface area contributed by atoms with Crippen LogP contribution in [0.4, 0.5) is 0 Å². The molecule has 1 saturated heterocycles. The van der Waals surface area contributed by atoms with Crippen molar-refractivity contribution in [3.8, 4) is 0 Å². The summed E-state index contributed by atoms with van der Waals surface area (Å²) in [5, 5.41) is 16.6. The van der Waals surface area contributed by atoms with Gasteiger partial charge in [-0.2, -0.15) is 5.10 Å². The first kappa shape index (κ1) is 17.6. The lowest BCUT2D eigenvalue weighted by molar-refractivity contribution is 0.00463. The third-order valence-electron chi connectivity index (χ3n) is 4.52. The molecule has 5 nitrogen and oxygen atoms in total. The molecule has 0 unspecified atom stereocenters. The number of thiophene rings is 1. The number of piperidine rings is 1. The first-order valence-electron chi connectivity index (χ1n) is 8.68. The highest BCUT2D eigenvalue weighted by molar-refractivity contribution is 7.09. The van der Waals surface area contributed by atoms with Gasteiger partial charge in [-0.15, -0.1) is 11.3 Å². The molecule has 1 N–H and O–H groups in total. The molecule has 0 aliphatic carbocycles. The van der Waals surface area contributed by atoms with Gasteiger partial charge in [-0.25, -0.2) is 0 Å². The molecule has 24 heavy (non-hydrogen) atoms. The molecule has 0 bridgehead atoms. The van der Waals surface area contributed by atoms with E-state index in [1.807, 2.05) is 17.6 Å². The van der Waals surface area contributed by atoms with E-state index in [-0.39, 0.29) is 0 Å². The number of ether oxygens (including phenoxy) is 1. The Labute approximate surface area is 147 Å². The summed E-state index contributed by atoms with van der Waals surface area (Å²) in [6.45, 7) is 6.89. The van der Waals surface area contributed by atoms with Crippen LogP contribution in [-0.4, -0.2) is 52.1 Å². The number of hydrogen-bond acceptors (Lipinski definition) is 5. The molecular formula is C18H27N3O2S. The van der Waals surface area contributed by atoms with E-state index in [1.165, 1.54) is 23.3 Å². The highest BCUT2D eigenvalue weighted by Crippen LogP contribution is 2.19. The molecule has 2 aromatic heterocycles. The van der Waals surface area contributed by atoms with Crippen molar-refractivity contribution in [1.82, 2.24) is 14.7 Å². The fourth-order valence-electron chi connectivity index (χ4n) is 3.22. The molecular weight excluding hydrogens is 322 g/mol. The lowest BCUT2D eigenvalue weighted by Gasteiger charge is -2.33. The summed E-state index contributed by atoms with van der Waals surface area (Å²) < 4.78 is 7.66. The minimum Gasteiger partial charge on any atom is -0.389 e. The second-order valence-electron chi connectivity index (χ2n) is 6.73. The number of aliphatic hydroxyl groups is 1. The number of nitrogens with zero attached hydrogens (tertiary/aromatic N) is 3. The third kappa shape index (κ3) is 5.41. The quantitative estimate of drug-likeness (QED) is 0.796. The first-order valence-corrected chi connectivity index (χ1v) is 9.56. The van der Waals surface area contributed by atoms with Gasteiger partial charge in [-0.05, 0) is 55.8 Å². The average Bonchev–Trinajstić information content (AvgIpc) is 3.21. The minimum atomic E-state index is -0.407. The Morgan fingerprint density at radius 3 is 2.92 bits per heavy atom. The van der Waals surface area contributed by atoms with Crippen LogP contribution in [0.1, 0.15) is 23.3 Å². The predicted molar refractivity (Wildman–Crippen MR) is 96.1 cm³/mol. The zero-order chi connectivity index (χ0) is 16.8. The maximum absolute atomic E-state index is 10.2. The molecule has 0 aromatic carbocycles. The van der Waals surface area contributed by atoms with Crippen LogP contribution in [0.15, 0.2) is 29.9 Å².